The number of carbonyl (C=O) groups is 2. The molecule has 4 rings (SSSR count). The van der Waals surface area contributed by atoms with Crippen molar-refractivity contribution < 1.29 is 23.8 Å². The molecule has 0 unspecified atom stereocenters. The predicted octanol–water partition coefficient (Wildman–Crippen LogP) is 3.71. The molecule has 0 aliphatic carbocycles. The zero-order valence-corrected chi connectivity index (χ0v) is 22.5. The maximum Gasteiger partial charge on any atom is 0.262 e. The number of benzene rings is 3. The van der Waals surface area contributed by atoms with Gasteiger partial charge < -0.3 is 30.7 Å². The Morgan fingerprint density at radius 3 is 2.51 bits per heavy atom. The second-order valence-electron chi connectivity index (χ2n) is 9.37. The maximum atomic E-state index is 15.2. The van der Waals surface area contributed by atoms with E-state index in [9.17, 15) is 9.59 Å². The summed E-state index contributed by atoms with van der Waals surface area (Å²) in [4.78, 5) is 26.7. The number of hydrogen-bond acceptors (Lipinski definition) is 6. The van der Waals surface area contributed by atoms with E-state index in [1.54, 1.807) is 13.1 Å². The Morgan fingerprint density at radius 1 is 1.10 bits per heavy atom. The summed E-state index contributed by atoms with van der Waals surface area (Å²) in [5.74, 6) is -0.803. The standard InChI is InChI=1S/C30H33FN4O4/c1-18-21(20-13-26(31)24(15-32-11-12-36)28(14-20)39-4)7-5-8-22(18)23-9-6-10-27(19(23)2)34-29(37)25-16-33-17-35(3)30(25)38/h5-10,13-14,16,32-33,36H,11-12,15,17H2,1-4H3,(H,34,37). The van der Waals surface area contributed by atoms with E-state index in [-0.39, 0.29) is 24.6 Å². The molecule has 1 aliphatic heterocycles. The minimum Gasteiger partial charge on any atom is -0.496 e. The number of methoxy groups -OCH3 is 1. The minimum absolute atomic E-state index is 0.0388. The van der Waals surface area contributed by atoms with Crippen LogP contribution in [0.4, 0.5) is 10.1 Å². The Kier molecular flexibility index (Phi) is 8.63. The number of ether oxygens (including phenoxy) is 1. The summed E-state index contributed by atoms with van der Waals surface area (Å²) < 4.78 is 20.6. The summed E-state index contributed by atoms with van der Waals surface area (Å²) >= 11 is 0. The number of rotatable bonds is 9. The zero-order chi connectivity index (χ0) is 28.1. The molecule has 2 amide bonds. The number of likely N-dealkylation sites (N-methyl/N-ethyl adjacent to an activating group) is 1. The van der Waals surface area contributed by atoms with Crippen LogP contribution in [-0.2, 0) is 16.1 Å². The van der Waals surface area contributed by atoms with Gasteiger partial charge in [-0.1, -0.05) is 30.3 Å². The largest absolute Gasteiger partial charge is 0.496 e. The predicted molar refractivity (Wildman–Crippen MR) is 150 cm³/mol. The molecule has 3 aromatic carbocycles. The van der Waals surface area contributed by atoms with Crippen molar-refractivity contribution >= 4 is 17.5 Å². The first-order valence-corrected chi connectivity index (χ1v) is 12.6. The molecule has 204 valence electrons. The van der Waals surface area contributed by atoms with Crippen LogP contribution in [0.3, 0.4) is 0 Å². The highest BCUT2D eigenvalue weighted by atomic mass is 19.1. The molecule has 9 heteroatoms. The smallest absolute Gasteiger partial charge is 0.262 e. The van der Waals surface area contributed by atoms with Crippen molar-refractivity contribution in [3.63, 3.8) is 0 Å². The maximum absolute atomic E-state index is 15.2. The van der Waals surface area contributed by atoms with Gasteiger partial charge in [-0.05, 0) is 65.4 Å². The molecule has 8 nitrogen and oxygen atoms in total. The molecule has 4 N–H and O–H groups in total. The summed E-state index contributed by atoms with van der Waals surface area (Å²) in [6.07, 6.45) is 1.44. The normalized spacial score (nSPS) is 13.1. The SMILES string of the molecule is COc1cc(-c2cccc(-c3cccc(NC(=O)C4=CNCN(C)C4=O)c3C)c2C)cc(F)c1CNCCO. The third-order valence-corrected chi connectivity index (χ3v) is 6.88. The quantitative estimate of drug-likeness (QED) is 0.248. The molecule has 3 aromatic rings. The fourth-order valence-corrected chi connectivity index (χ4v) is 4.69. The lowest BCUT2D eigenvalue weighted by Gasteiger charge is -2.23. The number of nitrogens with zero attached hydrogens (tertiary/aromatic N) is 1. The van der Waals surface area contributed by atoms with Crippen LogP contribution in [0, 0.1) is 19.7 Å². The second kappa shape index (κ2) is 12.1. The molecular formula is C30H33FN4O4. The van der Waals surface area contributed by atoms with Crippen LogP contribution in [0.15, 0.2) is 60.3 Å². The summed E-state index contributed by atoms with van der Waals surface area (Å²) in [5.41, 5.74) is 6.17. The fraction of sp³-hybridized carbons (Fsp3) is 0.267. The van der Waals surface area contributed by atoms with E-state index in [1.165, 1.54) is 24.3 Å². The van der Waals surface area contributed by atoms with E-state index in [0.717, 1.165) is 27.8 Å². The molecule has 1 aliphatic rings. The summed E-state index contributed by atoms with van der Waals surface area (Å²) in [7, 11) is 3.13. The van der Waals surface area contributed by atoms with Crippen molar-refractivity contribution in [2.45, 2.75) is 20.4 Å². The van der Waals surface area contributed by atoms with Gasteiger partial charge in [-0.15, -0.1) is 0 Å². The first kappa shape index (κ1) is 27.8. The van der Waals surface area contributed by atoms with Crippen LogP contribution in [0.25, 0.3) is 22.3 Å². The highest BCUT2D eigenvalue weighted by Crippen LogP contribution is 2.37. The van der Waals surface area contributed by atoms with Crippen molar-refractivity contribution in [2.24, 2.45) is 0 Å². The van der Waals surface area contributed by atoms with Crippen molar-refractivity contribution in [3.05, 3.63) is 82.8 Å². The topological polar surface area (TPSA) is 103 Å². The van der Waals surface area contributed by atoms with E-state index < -0.39 is 11.7 Å². The van der Waals surface area contributed by atoms with Crippen LogP contribution < -0.4 is 20.7 Å². The molecular weight excluding hydrogens is 499 g/mol. The third kappa shape index (κ3) is 5.79. The lowest BCUT2D eigenvalue weighted by atomic mass is 9.90. The van der Waals surface area contributed by atoms with Crippen LogP contribution in [0.5, 0.6) is 5.75 Å². The molecule has 0 fully saturated rings. The van der Waals surface area contributed by atoms with Crippen LogP contribution in [0.1, 0.15) is 16.7 Å². The lowest BCUT2D eigenvalue weighted by molar-refractivity contribution is -0.129. The number of nitrogens with one attached hydrogen (secondary N) is 3. The van der Waals surface area contributed by atoms with E-state index in [1.807, 2.05) is 50.2 Å². The summed E-state index contributed by atoms with van der Waals surface area (Å²) in [6.45, 7) is 4.79. The second-order valence-corrected chi connectivity index (χ2v) is 9.37. The number of hydrogen-bond donors (Lipinski definition) is 4. The van der Waals surface area contributed by atoms with Gasteiger partial charge >= 0.3 is 0 Å². The van der Waals surface area contributed by atoms with Gasteiger partial charge in [-0.25, -0.2) is 4.39 Å². The Labute approximate surface area is 227 Å². The Hall–Kier alpha value is -4.21. The molecule has 1 heterocycles. The van der Waals surface area contributed by atoms with Gasteiger partial charge in [0.2, 0.25) is 0 Å². The summed E-state index contributed by atoms with van der Waals surface area (Å²) in [5, 5.41) is 17.8. The average molecular weight is 533 g/mol. The van der Waals surface area contributed by atoms with Crippen molar-refractivity contribution in [1.82, 2.24) is 15.5 Å². The number of aliphatic hydroxyl groups excluding tert-OH is 1. The highest BCUT2D eigenvalue weighted by Gasteiger charge is 2.25. The molecule has 39 heavy (non-hydrogen) atoms. The number of aliphatic hydroxyl groups is 1. The van der Waals surface area contributed by atoms with Crippen LogP contribution in [-0.4, -0.2) is 55.8 Å². The first-order chi connectivity index (χ1) is 18.8. The third-order valence-electron chi connectivity index (χ3n) is 6.88. The van der Waals surface area contributed by atoms with E-state index in [4.69, 9.17) is 9.84 Å². The molecule has 0 radical (unpaired) electrons. The number of carbonyl (C=O) groups excluding carboxylic acids is 2. The first-order valence-electron chi connectivity index (χ1n) is 12.6. The molecule has 0 bridgehead atoms. The molecule has 0 spiro atoms. The van der Waals surface area contributed by atoms with Gasteiger partial charge in [0.25, 0.3) is 11.8 Å². The Bertz CT molecular complexity index is 1440. The zero-order valence-electron chi connectivity index (χ0n) is 22.5. The number of anilines is 1. The Morgan fingerprint density at radius 2 is 1.79 bits per heavy atom. The number of halogens is 1. The minimum atomic E-state index is -0.485. The van der Waals surface area contributed by atoms with E-state index in [0.29, 0.717) is 35.8 Å². The Balaban J connectivity index is 1.68. The molecule has 0 aromatic heterocycles. The molecule has 0 atom stereocenters. The van der Waals surface area contributed by atoms with Gasteiger partial charge in [0.15, 0.2) is 0 Å². The van der Waals surface area contributed by atoms with Gasteiger partial charge in [0.1, 0.15) is 17.1 Å². The van der Waals surface area contributed by atoms with Crippen molar-refractivity contribution in [1.29, 1.82) is 0 Å². The molecule has 0 saturated heterocycles. The number of amides is 2. The monoisotopic (exact) mass is 532 g/mol. The van der Waals surface area contributed by atoms with Gasteiger partial charge in [-0.2, -0.15) is 0 Å². The van der Waals surface area contributed by atoms with Crippen molar-refractivity contribution in [3.8, 4) is 28.0 Å². The highest BCUT2D eigenvalue weighted by molar-refractivity contribution is 6.23. The van der Waals surface area contributed by atoms with Crippen LogP contribution in [0.2, 0.25) is 0 Å². The van der Waals surface area contributed by atoms with Crippen LogP contribution >= 0.6 is 0 Å². The van der Waals surface area contributed by atoms with Gasteiger partial charge in [0, 0.05) is 37.6 Å². The van der Waals surface area contributed by atoms with E-state index >= 15 is 4.39 Å². The average Bonchev–Trinajstić information content (AvgIpc) is 2.92. The summed E-state index contributed by atoms with van der Waals surface area (Å²) in [6, 6.07) is 14.8. The molecule has 0 saturated carbocycles. The fourth-order valence-electron chi connectivity index (χ4n) is 4.69. The van der Waals surface area contributed by atoms with Gasteiger partial charge in [0.05, 0.1) is 20.4 Å². The van der Waals surface area contributed by atoms with Crippen molar-refractivity contribution in [2.75, 3.05) is 39.3 Å². The van der Waals surface area contributed by atoms with Gasteiger partial charge in [-0.3, -0.25) is 9.59 Å². The van der Waals surface area contributed by atoms with E-state index in [2.05, 4.69) is 16.0 Å². The lowest BCUT2D eigenvalue weighted by Crippen LogP contribution is -2.42.